The molecule has 0 saturated heterocycles. The quantitative estimate of drug-likeness (QED) is 0.201. The van der Waals surface area contributed by atoms with Gasteiger partial charge in [0.05, 0.1) is 0 Å². The van der Waals surface area contributed by atoms with Crippen molar-refractivity contribution < 1.29 is 0 Å². The van der Waals surface area contributed by atoms with Crippen LogP contribution in [0.4, 0.5) is 0 Å². The summed E-state index contributed by atoms with van der Waals surface area (Å²) in [6, 6.07) is 29.2. The zero-order valence-electron chi connectivity index (χ0n) is 17.7. The second-order valence-corrected chi connectivity index (χ2v) is 8.29. The van der Waals surface area contributed by atoms with E-state index in [0.29, 0.717) is 0 Å². The Morgan fingerprint density at radius 2 is 1.21 bits per heavy atom. The average molecular weight is 381 g/mol. The largest absolute Gasteiger partial charge is 0.0654 e. The standard InChI is InChI=1S/C29H32/c1-2-3-4-5-6-7-8-12-23-17-19-24(20-18-23)28-16-11-15-27-21-25-13-9-10-14-26(25)22-29(27)28/h9-11,13-22H,2-8,12H2,1H3. The minimum atomic E-state index is 1.20. The van der Waals surface area contributed by atoms with E-state index in [9.17, 15) is 0 Å². The molecule has 0 heteroatoms. The van der Waals surface area contributed by atoms with E-state index in [-0.39, 0.29) is 0 Å². The van der Waals surface area contributed by atoms with E-state index in [0.717, 1.165) is 0 Å². The normalized spacial score (nSPS) is 11.3. The molecule has 0 bridgehead atoms. The van der Waals surface area contributed by atoms with E-state index < -0.39 is 0 Å². The average Bonchev–Trinajstić information content (AvgIpc) is 2.77. The molecule has 29 heavy (non-hydrogen) atoms. The molecule has 0 heterocycles. The van der Waals surface area contributed by atoms with Crippen molar-refractivity contribution in [1.82, 2.24) is 0 Å². The van der Waals surface area contributed by atoms with Crippen molar-refractivity contribution in [3.8, 4) is 11.1 Å². The summed E-state index contributed by atoms with van der Waals surface area (Å²) in [6.45, 7) is 2.28. The van der Waals surface area contributed by atoms with Gasteiger partial charge < -0.3 is 0 Å². The van der Waals surface area contributed by atoms with Gasteiger partial charge >= 0.3 is 0 Å². The summed E-state index contributed by atoms with van der Waals surface area (Å²) in [4.78, 5) is 0. The molecule has 0 saturated carbocycles. The highest BCUT2D eigenvalue weighted by atomic mass is 14.1. The monoisotopic (exact) mass is 380 g/mol. The summed E-state index contributed by atoms with van der Waals surface area (Å²) < 4.78 is 0. The topological polar surface area (TPSA) is 0 Å². The van der Waals surface area contributed by atoms with Crippen LogP contribution in [-0.4, -0.2) is 0 Å². The second-order valence-electron chi connectivity index (χ2n) is 8.29. The van der Waals surface area contributed by atoms with Crippen molar-refractivity contribution in [2.45, 2.75) is 58.3 Å². The third kappa shape index (κ3) is 4.88. The fraction of sp³-hybridized carbons (Fsp3) is 0.310. The third-order valence-electron chi connectivity index (χ3n) is 6.08. The number of aryl methyl sites for hydroxylation is 1. The minimum absolute atomic E-state index is 1.20. The number of fused-ring (bicyclic) bond motifs is 2. The van der Waals surface area contributed by atoms with Gasteiger partial charge in [0.2, 0.25) is 0 Å². The summed E-state index contributed by atoms with van der Waals surface area (Å²) >= 11 is 0. The summed E-state index contributed by atoms with van der Waals surface area (Å²) in [6.07, 6.45) is 10.8. The lowest BCUT2D eigenvalue weighted by atomic mass is 9.94. The number of hydrogen-bond acceptors (Lipinski definition) is 0. The Bertz CT molecular complexity index is 1060. The molecule has 4 rings (SSSR count). The van der Waals surface area contributed by atoms with Crippen molar-refractivity contribution in [2.75, 3.05) is 0 Å². The molecule has 0 N–H and O–H groups in total. The number of unbranched alkanes of at least 4 members (excludes halogenated alkanes) is 6. The van der Waals surface area contributed by atoms with Crippen LogP contribution < -0.4 is 0 Å². The van der Waals surface area contributed by atoms with E-state index in [4.69, 9.17) is 0 Å². The van der Waals surface area contributed by atoms with Gasteiger partial charge in [-0.1, -0.05) is 112 Å². The zero-order chi connectivity index (χ0) is 19.9. The molecule has 0 aliphatic rings. The fourth-order valence-electron chi connectivity index (χ4n) is 4.36. The molecule has 0 nitrogen and oxygen atoms in total. The summed E-state index contributed by atoms with van der Waals surface area (Å²) in [5, 5.41) is 5.27. The van der Waals surface area contributed by atoms with Crippen molar-refractivity contribution in [3.05, 3.63) is 84.4 Å². The fourth-order valence-corrected chi connectivity index (χ4v) is 4.36. The van der Waals surface area contributed by atoms with Crippen LogP contribution in [0.15, 0.2) is 78.9 Å². The molecule has 0 aliphatic heterocycles. The lowest BCUT2D eigenvalue weighted by Gasteiger charge is -2.10. The molecular weight excluding hydrogens is 348 g/mol. The van der Waals surface area contributed by atoms with Crippen LogP contribution in [-0.2, 0) is 6.42 Å². The van der Waals surface area contributed by atoms with Gasteiger partial charge in [0.1, 0.15) is 0 Å². The highest BCUT2D eigenvalue weighted by Crippen LogP contribution is 2.32. The van der Waals surface area contributed by atoms with Gasteiger partial charge in [-0.2, -0.15) is 0 Å². The molecule has 148 valence electrons. The molecular formula is C29H32. The van der Waals surface area contributed by atoms with Crippen molar-refractivity contribution in [3.63, 3.8) is 0 Å². The van der Waals surface area contributed by atoms with Gasteiger partial charge in [0.25, 0.3) is 0 Å². The zero-order valence-corrected chi connectivity index (χ0v) is 17.7. The van der Waals surface area contributed by atoms with Crippen LogP contribution in [0.1, 0.15) is 57.4 Å². The molecule has 0 radical (unpaired) electrons. The van der Waals surface area contributed by atoms with Crippen LogP contribution in [0.3, 0.4) is 0 Å². The predicted molar refractivity (Wildman–Crippen MR) is 129 cm³/mol. The van der Waals surface area contributed by atoms with E-state index in [2.05, 4.69) is 85.8 Å². The third-order valence-corrected chi connectivity index (χ3v) is 6.08. The molecule has 0 atom stereocenters. The molecule has 0 amide bonds. The Hall–Kier alpha value is -2.60. The smallest absolute Gasteiger partial charge is 0.00990 e. The van der Waals surface area contributed by atoms with E-state index in [1.165, 1.54) is 89.6 Å². The minimum Gasteiger partial charge on any atom is -0.0654 e. The van der Waals surface area contributed by atoms with Gasteiger partial charge in [-0.25, -0.2) is 0 Å². The van der Waals surface area contributed by atoms with Crippen molar-refractivity contribution in [1.29, 1.82) is 0 Å². The van der Waals surface area contributed by atoms with Gasteiger partial charge in [-0.05, 0) is 63.2 Å². The molecule has 0 fully saturated rings. The maximum absolute atomic E-state index is 2.34. The highest BCUT2D eigenvalue weighted by Gasteiger charge is 2.06. The van der Waals surface area contributed by atoms with Gasteiger partial charge in [0, 0.05) is 0 Å². The Morgan fingerprint density at radius 1 is 0.552 bits per heavy atom. The van der Waals surface area contributed by atoms with Crippen LogP contribution >= 0.6 is 0 Å². The van der Waals surface area contributed by atoms with E-state index in [1.807, 2.05) is 0 Å². The van der Waals surface area contributed by atoms with E-state index in [1.54, 1.807) is 0 Å². The Morgan fingerprint density at radius 3 is 1.97 bits per heavy atom. The van der Waals surface area contributed by atoms with E-state index >= 15 is 0 Å². The maximum Gasteiger partial charge on any atom is -0.00990 e. The van der Waals surface area contributed by atoms with Gasteiger partial charge in [-0.3, -0.25) is 0 Å². The van der Waals surface area contributed by atoms with Crippen LogP contribution in [0.2, 0.25) is 0 Å². The molecule has 0 unspecified atom stereocenters. The lowest BCUT2D eigenvalue weighted by molar-refractivity contribution is 0.589. The second kappa shape index (κ2) is 9.74. The summed E-state index contributed by atoms with van der Waals surface area (Å²) in [7, 11) is 0. The first kappa shape index (κ1) is 19.7. The van der Waals surface area contributed by atoms with Gasteiger partial charge in [0.15, 0.2) is 0 Å². The number of rotatable bonds is 9. The Labute approximate surface area is 175 Å². The molecule has 4 aromatic carbocycles. The maximum atomic E-state index is 2.34. The lowest BCUT2D eigenvalue weighted by Crippen LogP contribution is -1.88. The first-order chi connectivity index (χ1) is 14.3. The SMILES string of the molecule is CCCCCCCCCc1ccc(-c2cccc3cc4ccccc4cc23)cc1. The highest BCUT2D eigenvalue weighted by molar-refractivity contribution is 6.04. The van der Waals surface area contributed by atoms with Crippen LogP contribution in [0.5, 0.6) is 0 Å². The molecule has 4 aromatic rings. The van der Waals surface area contributed by atoms with Gasteiger partial charge in [-0.15, -0.1) is 0 Å². The first-order valence-corrected chi connectivity index (χ1v) is 11.4. The molecule has 0 spiro atoms. The Balaban J connectivity index is 1.46. The summed E-state index contributed by atoms with van der Waals surface area (Å²) in [5.74, 6) is 0. The summed E-state index contributed by atoms with van der Waals surface area (Å²) in [5.41, 5.74) is 4.11. The number of benzene rings is 4. The molecule has 0 aliphatic carbocycles. The Kier molecular flexibility index (Phi) is 6.62. The number of hydrogen-bond donors (Lipinski definition) is 0. The van der Waals surface area contributed by atoms with Crippen LogP contribution in [0.25, 0.3) is 32.7 Å². The first-order valence-electron chi connectivity index (χ1n) is 11.4. The van der Waals surface area contributed by atoms with Crippen LogP contribution in [0, 0.1) is 0 Å². The van der Waals surface area contributed by atoms with Crippen molar-refractivity contribution in [2.24, 2.45) is 0 Å². The predicted octanol–water partition coefficient (Wildman–Crippen LogP) is 8.95. The molecule has 0 aromatic heterocycles. The van der Waals surface area contributed by atoms with Crippen molar-refractivity contribution >= 4 is 21.5 Å².